The van der Waals surface area contributed by atoms with Gasteiger partial charge in [-0.2, -0.15) is 9.37 Å². The summed E-state index contributed by atoms with van der Waals surface area (Å²) in [5.41, 5.74) is 1.35. The van der Waals surface area contributed by atoms with Crippen LogP contribution in [0.4, 0.5) is 4.39 Å². The number of rotatable bonds is 9. The quantitative estimate of drug-likeness (QED) is 0.305. The van der Waals surface area contributed by atoms with E-state index in [1.54, 1.807) is 19.9 Å². The molecule has 1 N–H and O–H groups in total. The Morgan fingerprint density at radius 1 is 1.05 bits per heavy atom. The van der Waals surface area contributed by atoms with Crippen LogP contribution in [0.5, 0.6) is 5.88 Å². The topological polar surface area (TPSA) is 111 Å². The van der Waals surface area contributed by atoms with Crippen LogP contribution >= 0.6 is 0 Å². The fourth-order valence-electron chi connectivity index (χ4n) is 4.40. The molecule has 38 heavy (non-hydrogen) atoms. The van der Waals surface area contributed by atoms with Gasteiger partial charge in [-0.25, -0.2) is 13.4 Å². The van der Waals surface area contributed by atoms with Gasteiger partial charge in [0.2, 0.25) is 21.7 Å². The van der Waals surface area contributed by atoms with Crippen molar-refractivity contribution in [2.45, 2.75) is 49.6 Å². The van der Waals surface area contributed by atoms with E-state index in [0.717, 1.165) is 5.56 Å². The number of hydrogen-bond acceptors (Lipinski definition) is 7. The number of hydrogen-bond donors (Lipinski definition) is 1. The van der Waals surface area contributed by atoms with Crippen LogP contribution in [-0.4, -0.2) is 34.7 Å². The summed E-state index contributed by atoms with van der Waals surface area (Å²) in [6, 6.07) is 15.9. The summed E-state index contributed by atoms with van der Waals surface area (Å²) in [5, 5.41) is 10.7. The minimum atomic E-state index is -4.47. The second-order valence-corrected chi connectivity index (χ2v) is 10.5. The van der Waals surface area contributed by atoms with Crippen molar-refractivity contribution in [1.29, 1.82) is 0 Å². The lowest BCUT2D eigenvalue weighted by atomic mass is 10.0. The molecule has 0 spiro atoms. The van der Waals surface area contributed by atoms with Gasteiger partial charge < -0.3 is 9.84 Å². The molecule has 0 aliphatic heterocycles. The largest absolute Gasteiger partial charge is 0.492 e. The molecule has 4 aromatic rings. The minimum Gasteiger partial charge on any atom is -0.492 e. The van der Waals surface area contributed by atoms with Gasteiger partial charge in [0.05, 0.1) is 10.9 Å². The van der Waals surface area contributed by atoms with Crippen molar-refractivity contribution in [3.8, 4) is 17.0 Å². The van der Waals surface area contributed by atoms with E-state index < -0.39 is 38.2 Å². The predicted molar refractivity (Wildman–Crippen MR) is 140 cm³/mol. The SMILES string of the molecule is CCOCc1nc(O)c(S(=O)(=O)c2ccc(-c3ccnc(F)c3C)cc2)c(=O)n1[C@@H](CC)c1ccccc1. The highest BCUT2D eigenvalue weighted by molar-refractivity contribution is 7.91. The van der Waals surface area contributed by atoms with Crippen LogP contribution in [0.2, 0.25) is 0 Å². The lowest BCUT2D eigenvalue weighted by Gasteiger charge is -2.23. The van der Waals surface area contributed by atoms with Gasteiger partial charge >= 0.3 is 0 Å². The highest BCUT2D eigenvalue weighted by atomic mass is 32.2. The fraction of sp³-hybridized carbons (Fsp3) is 0.250. The summed E-state index contributed by atoms with van der Waals surface area (Å²) in [4.78, 5) is 20.5. The molecule has 4 rings (SSSR count). The zero-order valence-electron chi connectivity index (χ0n) is 21.3. The first-order chi connectivity index (χ1) is 18.2. The van der Waals surface area contributed by atoms with E-state index in [1.807, 2.05) is 37.3 Å². The van der Waals surface area contributed by atoms with Crippen molar-refractivity contribution < 1.29 is 22.7 Å². The average molecular weight is 538 g/mol. The number of pyridine rings is 1. The third-order valence-corrected chi connectivity index (χ3v) is 8.12. The third-order valence-electron chi connectivity index (χ3n) is 6.33. The first kappa shape index (κ1) is 27.2. The summed E-state index contributed by atoms with van der Waals surface area (Å²) in [6.07, 6.45) is 1.79. The van der Waals surface area contributed by atoms with E-state index in [-0.39, 0.29) is 17.3 Å². The Hall–Kier alpha value is -3.89. The molecule has 0 unspecified atom stereocenters. The maximum atomic E-state index is 13.9. The zero-order valence-corrected chi connectivity index (χ0v) is 22.1. The van der Waals surface area contributed by atoms with Crippen LogP contribution in [0.15, 0.2) is 81.4 Å². The van der Waals surface area contributed by atoms with Crippen molar-refractivity contribution in [3.63, 3.8) is 0 Å². The number of aromatic nitrogens is 3. The Balaban J connectivity index is 1.86. The highest BCUT2D eigenvalue weighted by Gasteiger charge is 2.31. The number of aromatic hydroxyl groups is 1. The van der Waals surface area contributed by atoms with Crippen molar-refractivity contribution in [1.82, 2.24) is 14.5 Å². The molecule has 2 aromatic heterocycles. The first-order valence-corrected chi connectivity index (χ1v) is 13.6. The van der Waals surface area contributed by atoms with Crippen LogP contribution < -0.4 is 5.56 Å². The summed E-state index contributed by atoms with van der Waals surface area (Å²) in [6.45, 7) is 5.49. The lowest BCUT2D eigenvalue weighted by molar-refractivity contribution is 0.122. The number of benzene rings is 2. The van der Waals surface area contributed by atoms with Crippen molar-refractivity contribution >= 4 is 9.84 Å². The van der Waals surface area contributed by atoms with Crippen LogP contribution in [0.1, 0.15) is 43.3 Å². The first-order valence-electron chi connectivity index (χ1n) is 12.1. The summed E-state index contributed by atoms with van der Waals surface area (Å²) < 4.78 is 48.0. The molecule has 0 saturated heterocycles. The molecule has 0 bridgehead atoms. The monoisotopic (exact) mass is 537 g/mol. The second kappa shape index (κ2) is 11.2. The van der Waals surface area contributed by atoms with Crippen molar-refractivity contribution in [2.24, 2.45) is 0 Å². The van der Waals surface area contributed by atoms with Gasteiger partial charge in [0.15, 0.2) is 4.90 Å². The van der Waals surface area contributed by atoms with Crippen LogP contribution in [-0.2, 0) is 21.2 Å². The molecule has 2 heterocycles. The molecule has 2 aromatic carbocycles. The normalized spacial score (nSPS) is 12.4. The van der Waals surface area contributed by atoms with Gasteiger partial charge in [0.25, 0.3) is 5.56 Å². The minimum absolute atomic E-state index is 0.0838. The van der Waals surface area contributed by atoms with Crippen LogP contribution in [0.3, 0.4) is 0 Å². The molecular formula is C28H28FN3O5S. The molecule has 0 saturated carbocycles. The Morgan fingerprint density at radius 3 is 2.37 bits per heavy atom. The van der Waals surface area contributed by atoms with Crippen molar-refractivity contribution in [2.75, 3.05) is 6.61 Å². The Kier molecular flexibility index (Phi) is 8.03. The lowest BCUT2D eigenvalue weighted by Crippen LogP contribution is -2.33. The Morgan fingerprint density at radius 2 is 1.74 bits per heavy atom. The maximum Gasteiger partial charge on any atom is 0.277 e. The molecule has 0 fully saturated rings. The standard InChI is InChI=1S/C28H28FN3O5S/c1-4-23(20-9-7-6-8-10-20)32-24(17-37-5-2)31-27(33)25(28(32)34)38(35,36)21-13-11-19(12-14-21)22-15-16-30-26(29)18(22)3/h6-16,23,33H,4-5,17H2,1-3H3/t23-/m0/s1. The Labute approximate surface area is 220 Å². The van der Waals surface area contributed by atoms with Gasteiger partial charge in [-0.05, 0) is 55.2 Å². The number of halogens is 1. The average Bonchev–Trinajstić information content (AvgIpc) is 2.91. The molecule has 0 aliphatic carbocycles. The third kappa shape index (κ3) is 5.09. The van der Waals surface area contributed by atoms with E-state index >= 15 is 0 Å². The molecule has 1 atom stereocenters. The molecule has 0 radical (unpaired) electrons. The van der Waals surface area contributed by atoms with Gasteiger partial charge in [0.1, 0.15) is 12.4 Å². The highest BCUT2D eigenvalue weighted by Crippen LogP contribution is 2.30. The van der Waals surface area contributed by atoms with Gasteiger partial charge in [0, 0.05) is 18.4 Å². The van der Waals surface area contributed by atoms with Gasteiger partial charge in [-0.1, -0.05) is 49.4 Å². The number of ether oxygens (including phenoxy) is 1. The van der Waals surface area contributed by atoms with Gasteiger partial charge in [-0.3, -0.25) is 9.36 Å². The summed E-state index contributed by atoms with van der Waals surface area (Å²) in [7, 11) is -4.47. The fourth-order valence-corrected chi connectivity index (χ4v) is 5.74. The summed E-state index contributed by atoms with van der Waals surface area (Å²) in [5.74, 6) is -1.39. The van der Waals surface area contributed by atoms with Crippen LogP contribution in [0, 0.1) is 12.9 Å². The molecule has 198 valence electrons. The molecule has 10 heteroatoms. The van der Waals surface area contributed by atoms with E-state index in [2.05, 4.69) is 9.97 Å². The second-order valence-electron chi connectivity index (χ2n) is 8.63. The zero-order chi connectivity index (χ0) is 27.4. The smallest absolute Gasteiger partial charge is 0.277 e. The van der Waals surface area contributed by atoms with Gasteiger partial charge in [-0.15, -0.1) is 0 Å². The predicted octanol–water partition coefficient (Wildman–Crippen LogP) is 4.83. The molecule has 8 nitrogen and oxygen atoms in total. The van der Waals surface area contributed by atoms with E-state index in [1.165, 1.54) is 35.0 Å². The maximum absolute atomic E-state index is 13.9. The number of nitrogens with zero attached hydrogens (tertiary/aromatic N) is 3. The molecule has 0 amide bonds. The Bertz CT molecular complexity index is 1600. The molecule has 0 aliphatic rings. The van der Waals surface area contributed by atoms with E-state index in [9.17, 15) is 22.7 Å². The van der Waals surface area contributed by atoms with Crippen molar-refractivity contribution in [3.05, 3.63) is 100 Å². The molecular weight excluding hydrogens is 509 g/mol. The van der Waals surface area contributed by atoms with E-state index in [4.69, 9.17) is 4.74 Å². The number of sulfone groups is 1. The summed E-state index contributed by atoms with van der Waals surface area (Å²) >= 11 is 0. The van der Waals surface area contributed by atoms with Crippen LogP contribution in [0.25, 0.3) is 11.1 Å². The van der Waals surface area contributed by atoms with E-state index in [0.29, 0.717) is 29.7 Å².